The number of nitrogens with zero attached hydrogens (tertiary/aromatic N) is 1. The first-order valence-corrected chi connectivity index (χ1v) is 6.63. The third-order valence-corrected chi connectivity index (χ3v) is 3.00. The van der Waals surface area contributed by atoms with Crippen LogP contribution in [0.15, 0.2) is 24.3 Å². The molecule has 0 aliphatic carbocycles. The van der Waals surface area contributed by atoms with E-state index in [1.54, 1.807) is 0 Å². The minimum Gasteiger partial charge on any atom is -0.399 e. The van der Waals surface area contributed by atoms with Gasteiger partial charge in [-0.25, -0.2) is 0 Å². The highest BCUT2D eigenvalue weighted by Gasteiger charge is 1.99. The topological polar surface area (TPSA) is 29.3 Å². The van der Waals surface area contributed by atoms with Gasteiger partial charge in [0.25, 0.3) is 0 Å². The van der Waals surface area contributed by atoms with E-state index in [4.69, 9.17) is 5.73 Å². The van der Waals surface area contributed by atoms with Gasteiger partial charge in [0.05, 0.1) is 0 Å². The number of thioether (sulfide) groups is 1. The molecule has 0 bridgehead atoms. The lowest BCUT2D eigenvalue weighted by Gasteiger charge is -2.15. The molecule has 0 spiro atoms. The Labute approximate surface area is 96.8 Å². The zero-order valence-electron chi connectivity index (χ0n) is 9.57. The van der Waals surface area contributed by atoms with Crippen molar-refractivity contribution < 1.29 is 0 Å². The van der Waals surface area contributed by atoms with Gasteiger partial charge in [-0.2, -0.15) is 11.8 Å². The number of anilines is 1. The Morgan fingerprint density at radius 2 is 2.13 bits per heavy atom. The maximum atomic E-state index is 5.73. The SMILES string of the molecule is CSCCN(C)CCc1cccc(N)c1. The van der Waals surface area contributed by atoms with E-state index in [0.29, 0.717) is 0 Å². The largest absolute Gasteiger partial charge is 0.399 e. The molecule has 84 valence electrons. The Morgan fingerprint density at radius 3 is 2.80 bits per heavy atom. The molecule has 1 rings (SSSR count). The summed E-state index contributed by atoms with van der Waals surface area (Å²) in [6.45, 7) is 2.26. The summed E-state index contributed by atoms with van der Waals surface area (Å²) in [6, 6.07) is 8.15. The zero-order valence-corrected chi connectivity index (χ0v) is 10.4. The van der Waals surface area contributed by atoms with Crippen LogP contribution < -0.4 is 5.73 Å². The molecule has 0 amide bonds. The molecular formula is C12H20N2S. The van der Waals surface area contributed by atoms with Gasteiger partial charge >= 0.3 is 0 Å². The van der Waals surface area contributed by atoms with E-state index in [1.807, 2.05) is 23.9 Å². The number of hydrogen-bond acceptors (Lipinski definition) is 3. The van der Waals surface area contributed by atoms with Gasteiger partial charge in [0, 0.05) is 24.5 Å². The summed E-state index contributed by atoms with van der Waals surface area (Å²) < 4.78 is 0. The second kappa shape index (κ2) is 6.75. The van der Waals surface area contributed by atoms with Crippen LogP contribution in [0.2, 0.25) is 0 Å². The lowest BCUT2D eigenvalue weighted by atomic mass is 10.1. The number of nitrogens with two attached hydrogens (primary N) is 1. The molecule has 1 aromatic carbocycles. The van der Waals surface area contributed by atoms with Crippen LogP contribution in [0.4, 0.5) is 5.69 Å². The van der Waals surface area contributed by atoms with Crippen LogP contribution in [0.25, 0.3) is 0 Å². The van der Waals surface area contributed by atoms with E-state index in [0.717, 1.165) is 25.2 Å². The van der Waals surface area contributed by atoms with Gasteiger partial charge in [-0.05, 0) is 37.4 Å². The molecule has 0 unspecified atom stereocenters. The standard InChI is InChI=1S/C12H20N2S/c1-14(8-9-15-2)7-6-11-4-3-5-12(13)10-11/h3-5,10H,6-9,13H2,1-2H3. The van der Waals surface area contributed by atoms with Crippen molar-refractivity contribution in [2.45, 2.75) is 6.42 Å². The van der Waals surface area contributed by atoms with Gasteiger partial charge in [0.1, 0.15) is 0 Å². The van der Waals surface area contributed by atoms with E-state index in [1.165, 1.54) is 11.3 Å². The molecule has 0 heterocycles. The Hall–Kier alpha value is -0.670. The van der Waals surface area contributed by atoms with E-state index in [9.17, 15) is 0 Å². The van der Waals surface area contributed by atoms with Crippen LogP contribution in [0.1, 0.15) is 5.56 Å². The van der Waals surface area contributed by atoms with Crippen LogP contribution in [-0.2, 0) is 6.42 Å². The fourth-order valence-electron chi connectivity index (χ4n) is 1.43. The fraction of sp³-hybridized carbons (Fsp3) is 0.500. The average Bonchev–Trinajstić information content (AvgIpc) is 2.23. The Balaban J connectivity index is 2.30. The predicted molar refractivity (Wildman–Crippen MR) is 70.4 cm³/mol. The quantitative estimate of drug-likeness (QED) is 0.750. The van der Waals surface area contributed by atoms with Crippen molar-refractivity contribution >= 4 is 17.4 Å². The summed E-state index contributed by atoms with van der Waals surface area (Å²) in [7, 11) is 2.17. The van der Waals surface area contributed by atoms with E-state index in [-0.39, 0.29) is 0 Å². The number of hydrogen-bond donors (Lipinski definition) is 1. The fourth-order valence-corrected chi connectivity index (χ4v) is 1.92. The van der Waals surface area contributed by atoms with Crippen molar-refractivity contribution in [3.63, 3.8) is 0 Å². The molecule has 0 fully saturated rings. The van der Waals surface area contributed by atoms with Gasteiger partial charge < -0.3 is 10.6 Å². The molecule has 0 saturated carbocycles. The molecule has 0 aliphatic rings. The van der Waals surface area contributed by atoms with Crippen molar-refractivity contribution in [3.8, 4) is 0 Å². The Bertz CT molecular complexity index is 289. The first-order valence-electron chi connectivity index (χ1n) is 5.24. The van der Waals surface area contributed by atoms with Crippen LogP contribution in [0.5, 0.6) is 0 Å². The summed E-state index contributed by atoms with van der Waals surface area (Å²) in [5.41, 5.74) is 7.91. The molecule has 0 aromatic heterocycles. The number of benzene rings is 1. The Kier molecular flexibility index (Phi) is 5.58. The first-order chi connectivity index (χ1) is 7.22. The highest BCUT2D eigenvalue weighted by atomic mass is 32.2. The molecule has 0 atom stereocenters. The third-order valence-electron chi connectivity index (χ3n) is 2.41. The summed E-state index contributed by atoms with van der Waals surface area (Å²) >= 11 is 1.89. The number of nitrogen functional groups attached to an aromatic ring is 1. The molecule has 3 heteroatoms. The van der Waals surface area contributed by atoms with Crippen LogP contribution in [0, 0.1) is 0 Å². The van der Waals surface area contributed by atoms with Gasteiger partial charge in [-0.3, -0.25) is 0 Å². The van der Waals surface area contributed by atoms with Gasteiger partial charge in [0.2, 0.25) is 0 Å². The average molecular weight is 224 g/mol. The zero-order chi connectivity index (χ0) is 11.1. The second-order valence-corrected chi connectivity index (χ2v) is 4.78. The van der Waals surface area contributed by atoms with Crippen molar-refractivity contribution in [1.29, 1.82) is 0 Å². The molecule has 2 nitrogen and oxygen atoms in total. The minimum absolute atomic E-state index is 0.860. The van der Waals surface area contributed by atoms with Crippen molar-refractivity contribution in [2.24, 2.45) is 0 Å². The second-order valence-electron chi connectivity index (χ2n) is 3.79. The van der Waals surface area contributed by atoms with Crippen LogP contribution in [0.3, 0.4) is 0 Å². The van der Waals surface area contributed by atoms with Crippen LogP contribution in [-0.4, -0.2) is 37.0 Å². The highest BCUT2D eigenvalue weighted by Crippen LogP contribution is 2.07. The number of likely N-dealkylation sites (N-methyl/N-ethyl adjacent to an activating group) is 1. The molecule has 0 saturated heterocycles. The summed E-state index contributed by atoms with van der Waals surface area (Å²) in [5, 5.41) is 0. The van der Waals surface area contributed by atoms with Gasteiger partial charge in [-0.1, -0.05) is 12.1 Å². The monoisotopic (exact) mass is 224 g/mol. The maximum Gasteiger partial charge on any atom is 0.0316 e. The molecule has 1 aromatic rings. The maximum absolute atomic E-state index is 5.73. The number of rotatable bonds is 6. The van der Waals surface area contributed by atoms with Crippen molar-refractivity contribution in [2.75, 3.05) is 37.9 Å². The highest BCUT2D eigenvalue weighted by molar-refractivity contribution is 7.98. The molecule has 15 heavy (non-hydrogen) atoms. The van der Waals surface area contributed by atoms with E-state index in [2.05, 4.69) is 30.3 Å². The van der Waals surface area contributed by atoms with Gasteiger partial charge in [0.15, 0.2) is 0 Å². The minimum atomic E-state index is 0.860. The normalized spacial score (nSPS) is 10.9. The van der Waals surface area contributed by atoms with Crippen LogP contribution >= 0.6 is 11.8 Å². The Morgan fingerprint density at radius 1 is 1.33 bits per heavy atom. The summed E-state index contributed by atoms with van der Waals surface area (Å²) in [5.74, 6) is 1.20. The molecule has 0 aliphatic heterocycles. The van der Waals surface area contributed by atoms with Gasteiger partial charge in [-0.15, -0.1) is 0 Å². The lowest BCUT2D eigenvalue weighted by Crippen LogP contribution is -2.23. The first kappa shape index (κ1) is 12.4. The van der Waals surface area contributed by atoms with Crippen molar-refractivity contribution in [3.05, 3.63) is 29.8 Å². The smallest absolute Gasteiger partial charge is 0.0316 e. The molecular weight excluding hydrogens is 204 g/mol. The predicted octanol–water partition coefficient (Wildman–Crippen LogP) is 2.11. The summed E-state index contributed by atoms with van der Waals surface area (Å²) in [4.78, 5) is 2.36. The third kappa shape index (κ3) is 5.09. The van der Waals surface area contributed by atoms with E-state index < -0.39 is 0 Å². The lowest BCUT2D eigenvalue weighted by molar-refractivity contribution is 0.360. The summed E-state index contributed by atoms with van der Waals surface area (Å²) in [6.07, 6.45) is 3.22. The van der Waals surface area contributed by atoms with E-state index >= 15 is 0 Å². The molecule has 0 radical (unpaired) electrons. The van der Waals surface area contributed by atoms with Crippen molar-refractivity contribution in [1.82, 2.24) is 4.90 Å². The molecule has 2 N–H and O–H groups in total.